The third-order valence-corrected chi connectivity index (χ3v) is 3.73. The molecule has 0 aliphatic heterocycles. The standard InChI is InChI=1S/C19H17N3O3/c1-12-15(22-19(25-12)14-10-6-3-7-11-14)18(24)21-16(17(20)23)13-8-4-2-5-9-13/h2-11,16H,1H3,(H2,20,23)(H,21,24)/t16-/m1/s1. The molecule has 0 fully saturated rings. The lowest BCUT2D eigenvalue weighted by atomic mass is 10.1. The molecule has 0 unspecified atom stereocenters. The molecular weight excluding hydrogens is 318 g/mol. The first-order valence-electron chi connectivity index (χ1n) is 7.74. The highest BCUT2D eigenvalue weighted by Gasteiger charge is 2.24. The molecular formula is C19H17N3O3. The Hall–Kier alpha value is -3.41. The number of aromatic nitrogens is 1. The molecule has 0 saturated carbocycles. The molecule has 0 radical (unpaired) electrons. The number of rotatable bonds is 5. The summed E-state index contributed by atoms with van der Waals surface area (Å²) >= 11 is 0. The summed E-state index contributed by atoms with van der Waals surface area (Å²) < 4.78 is 5.58. The van der Waals surface area contributed by atoms with Gasteiger partial charge >= 0.3 is 0 Å². The van der Waals surface area contributed by atoms with Crippen molar-refractivity contribution >= 4 is 11.8 Å². The second-order valence-corrected chi connectivity index (χ2v) is 5.51. The molecule has 1 atom stereocenters. The highest BCUT2D eigenvalue weighted by molar-refractivity contribution is 5.97. The zero-order valence-electron chi connectivity index (χ0n) is 13.6. The molecule has 1 aromatic heterocycles. The third kappa shape index (κ3) is 3.58. The first kappa shape index (κ1) is 16.4. The number of primary amides is 1. The lowest BCUT2D eigenvalue weighted by Crippen LogP contribution is -2.37. The van der Waals surface area contributed by atoms with Crippen LogP contribution in [0.15, 0.2) is 65.1 Å². The van der Waals surface area contributed by atoms with Gasteiger partial charge in [0.25, 0.3) is 5.91 Å². The molecule has 0 aliphatic rings. The van der Waals surface area contributed by atoms with Crippen LogP contribution in [0.3, 0.4) is 0 Å². The Morgan fingerprint density at radius 3 is 2.24 bits per heavy atom. The van der Waals surface area contributed by atoms with Gasteiger partial charge in [0.05, 0.1) is 0 Å². The lowest BCUT2D eigenvalue weighted by molar-refractivity contribution is -0.120. The summed E-state index contributed by atoms with van der Waals surface area (Å²) in [6.07, 6.45) is 0. The van der Waals surface area contributed by atoms with Gasteiger partial charge in [0.15, 0.2) is 5.69 Å². The summed E-state index contributed by atoms with van der Waals surface area (Å²) in [7, 11) is 0. The van der Waals surface area contributed by atoms with Crippen molar-refractivity contribution in [2.45, 2.75) is 13.0 Å². The van der Waals surface area contributed by atoms with Gasteiger partial charge in [0.2, 0.25) is 11.8 Å². The largest absolute Gasteiger partial charge is 0.441 e. The summed E-state index contributed by atoms with van der Waals surface area (Å²) in [5, 5.41) is 2.62. The van der Waals surface area contributed by atoms with Crippen molar-refractivity contribution in [3.63, 3.8) is 0 Å². The van der Waals surface area contributed by atoms with Crippen molar-refractivity contribution in [3.8, 4) is 11.5 Å². The van der Waals surface area contributed by atoms with E-state index in [0.717, 1.165) is 5.56 Å². The average molecular weight is 335 g/mol. The number of amides is 2. The van der Waals surface area contributed by atoms with Crippen molar-refractivity contribution in [1.29, 1.82) is 0 Å². The molecule has 2 amide bonds. The summed E-state index contributed by atoms with van der Waals surface area (Å²) in [5.41, 5.74) is 6.93. The quantitative estimate of drug-likeness (QED) is 0.749. The Bertz CT molecular complexity index is 889. The minimum absolute atomic E-state index is 0.126. The monoisotopic (exact) mass is 335 g/mol. The molecule has 3 aromatic rings. The summed E-state index contributed by atoms with van der Waals surface area (Å²) in [5.74, 6) is -0.453. The van der Waals surface area contributed by atoms with Gasteiger partial charge in [-0.1, -0.05) is 48.5 Å². The van der Waals surface area contributed by atoms with Crippen LogP contribution in [0.4, 0.5) is 0 Å². The number of nitrogens with two attached hydrogens (primary N) is 1. The van der Waals surface area contributed by atoms with Gasteiger partial charge in [-0.3, -0.25) is 9.59 Å². The van der Waals surface area contributed by atoms with Crippen molar-refractivity contribution in [2.24, 2.45) is 5.73 Å². The fourth-order valence-electron chi connectivity index (χ4n) is 2.47. The zero-order chi connectivity index (χ0) is 17.8. The van der Waals surface area contributed by atoms with Gasteiger partial charge in [-0.25, -0.2) is 4.98 Å². The number of aryl methyl sites for hydroxylation is 1. The van der Waals surface area contributed by atoms with E-state index < -0.39 is 17.9 Å². The molecule has 0 aliphatic carbocycles. The SMILES string of the molecule is Cc1oc(-c2ccccc2)nc1C(=O)N[C@@H](C(N)=O)c1ccccc1. The van der Waals surface area contributed by atoms with E-state index >= 15 is 0 Å². The van der Waals surface area contributed by atoms with E-state index in [9.17, 15) is 9.59 Å². The summed E-state index contributed by atoms with van der Waals surface area (Å²) in [4.78, 5) is 28.6. The normalized spacial score (nSPS) is 11.7. The highest BCUT2D eigenvalue weighted by Crippen LogP contribution is 2.22. The van der Waals surface area contributed by atoms with E-state index in [1.807, 2.05) is 36.4 Å². The van der Waals surface area contributed by atoms with Crippen LogP contribution in [0.2, 0.25) is 0 Å². The van der Waals surface area contributed by atoms with Crippen LogP contribution in [-0.2, 0) is 4.79 Å². The van der Waals surface area contributed by atoms with Gasteiger partial charge in [-0.15, -0.1) is 0 Å². The number of hydrogen-bond acceptors (Lipinski definition) is 4. The molecule has 0 saturated heterocycles. The molecule has 6 heteroatoms. The Morgan fingerprint density at radius 2 is 1.64 bits per heavy atom. The maximum absolute atomic E-state index is 12.6. The highest BCUT2D eigenvalue weighted by atomic mass is 16.4. The fourth-order valence-corrected chi connectivity index (χ4v) is 2.47. The minimum atomic E-state index is -0.940. The van der Waals surface area contributed by atoms with Crippen molar-refractivity contribution in [2.75, 3.05) is 0 Å². The van der Waals surface area contributed by atoms with Crippen molar-refractivity contribution < 1.29 is 14.0 Å². The molecule has 3 rings (SSSR count). The Balaban J connectivity index is 1.86. The molecule has 3 N–H and O–H groups in total. The van der Waals surface area contributed by atoms with Crippen LogP contribution in [-0.4, -0.2) is 16.8 Å². The zero-order valence-corrected chi connectivity index (χ0v) is 13.6. The second kappa shape index (κ2) is 7.00. The van der Waals surface area contributed by atoms with E-state index in [1.54, 1.807) is 31.2 Å². The van der Waals surface area contributed by atoms with Gasteiger partial charge in [0, 0.05) is 5.56 Å². The molecule has 126 valence electrons. The topological polar surface area (TPSA) is 98.2 Å². The van der Waals surface area contributed by atoms with E-state index in [1.165, 1.54) is 0 Å². The summed E-state index contributed by atoms with van der Waals surface area (Å²) in [6, 6.07) is 17.1. The van der Waals surface area contributed by atoms with Gasteiger partial charge in [0.1, 0.15) is 11.8 Å². The Kier molecular flexibility index (Phi) is 4.61. The maximum Gasteiger partial charge on any atom is 0.274 e. The predicted molar refractivity (Wildman–Crippen MR) is 92.5 cm³/mol. The Morgan fingerprint density at radius 1 is 1.04 bits per heavy atom. The number of hydrogen-bond donors (Lipinski definition) is 2. The molecule has 1 heterocycles. The Labute approximate surface area is 144 Å². The maximum atomic E-state index is 12.6. The predicted octanol–water partition coefficient (Wildman–Crippen LogP) is 2.61. The van der Waals surface area contributed by atoms with E-state index in [-0.39, 0.29) is 5.69 Å². The fraction of sp³-hybridized carbons (Fsp3) is 0.105. The minimum Gasteiger partial charge on any atom is -0.441 e. The smallest absolute Gasteiger partial charge is 0.274 e. The third-order valence-electron chi connectivity index (χ3n) is 3.73. The molecule has 2 aromatic carbocycles. The van der Waals surface area contributed by atoms with Crippen LogP contribution in [0, 0.1) is 6.92 Å². The molecule has 0 spiro atoms. The number of carbonyl (C=O) groups excluding carboxylic acids is 2. The second-order valence-electron chi connectivity index (χ2n) is 5.51. The van der Waals surface area contributed by atoms with Crippen LogP contribution in [0.25, 0.3) is 11.5 Å². The molecule has 6 nitrogen and oxygen atoms in total. The van der Waals surface area contributed by atoms with Gasteiger partial charge in [-0.2, -0.15) is 0 Å². The average Bonchev–Trinajstić information content (AvgIpc) is 3.02. The number of benzene rings is 2. The van der Waals surface area contributed by atoms with Crippen LogP contribution < -0.4 is 11.1 Å². The van der Waals surface area contributed by atoms with E-state index in [4.69, 9.17) is 10.2 Å². The van der Waals surface area contributed by atoms with Crippen LogP contribution in [0.5, 0.6) is 0 Å². The van der Waals surface area contributed by atoms with Crippen molar-refractivity contribution in [3.05, 3.63) is 77.7 Å². The van der Waals surface area contributed by atoms with Gasteiger partial charge < -0.3 is 15.5 Å². The first-order valence-corrected chi connectivity index (χ1v) is 7.74. The molecule has 0 bridgehead atoms. The number of nitrogens with zero attached hydrogens (tertiary/aromatic N) is 1. The van der Waals surface area contributed by atoms with E-state index in [0.29, 0.717) is 17.2 Å². The first-order chi connectivity index (χ1) is 12.1. The number of carbonyl (C=O) groups is 2. The lowest BCUT2D eigenvalue weighted by Gasteiger charge is -2.15. The van der Waals surface area contributed by atoms with Crippen LogP contribution in [0.1, 0.15) is 27.9 Å². The van der Waals surface area contributed by atoms with Gasteiger partial charge in [-0.05, 0) is 24.6 Å². The summed E-state index contributed by atoms with van der Waals surface area (Å²) in [6.45, 7) is 1.65. The number of nitrogens with one attached hydrogen (secondary N) is 1. The van der Waals surface area contributed by atoms with Crippen molar-refractivity contribution in [1.82, 2.24) is 10.3 Å². The molecule has 25 heavy (non-hydrogen) atoms. The van der Waals surface area contributed by atoms with E-state index in [2.05, 4.69) is 10.3 Å². The van der Waals surface area contributed by atoms with Crippen LogP contribution >= 0.6 is 0 Å². The number of oxazole rings is 1.